The summed E-state index contributed by atoms with van der Waals surface area (Å²) in [6, 6.07) is 7.10. The third kappa shape index (κ3) is 3.62. The number of hydrogen-bond donors (Lipinski definition) is 0. The minimum atomic E-state index is -0.317. The Morgan fingerprint density at radius 2 is 1.73 bits per heavy atom. The summed E-state index contributed by atoms with van der Waals surface area (Å²) in [5, 5.41) is 0.701. The predicted molar refractivity (Wildman–Crippen MR) is 87.5 cm³/mol. The van der Waals surface area contributed by atoms with Crippen LogP contribution in [0.4, 0.5) is 15.3 Å². The van der Waals surface area contributed by atoms with Gasteiger partial charge in [0.15, 0.2) is 0 Å². The molecule has 0 spiro atoms. The first kappa shape index (κ1) is 16.4. The highest BCUT2D eigenvalue weighted by Gasteiger charge is 2.27. The van der Waals surface area contributed by atoms with Gasteiger partial charge in [0.05, 0.1) is 0 Å². The molecule has 1 heterocycles. The summed E-state index contributed by atoms with van der Waals surface area (Å²) in [5.74, 6) is 0. The summed E-state index contributed by atoms with van der Waals surface area (Å²) < 4.78 is 0. The smallest absolute Gasteiger partial charge is 0.328 e. The lowest BCUT2D eigenvalue weighted by Gasteiger charge is -2.37. The van der Waals surface area contributed by atoms with E-state index in [0.29, 0.717) is 18.1 Å². The van der Waals surface area contributed by atoms with E-state index in [1.165, 1.54) is 11.9 Å². The van der Waals surface area contributed by atoms with Crippen LogP contribution in [0.2, 0.25) is 5.02 Å². The Hall–Kier alpha value is -1.95. The second-order valence-corrected chi connectivity index (χ2v) is 5.91. The Morgan fingerprint density at radius 3 is 2.27 bits per heavy atom. The summed E-state index contributed by atoms with van der Waals surface area (Å²) in [5.41, 5.74) is 1.05. The fourth-order valence-electron chi connectivity index (χ4n) is 2.42. The molecular formula is C15H21ClN4O2. The fourth-order valence-corrected chi connectivity index (χ4v) is 2.61. The lowest BCUT2D eigenvalue weighted by atomic mass is 10.2. The molecule has 0 aliphatic carbocycles. The average molecular weight is 325 g/mol. The van der Waals surface area contributed by atoms with Crippen LogP contribution in [0.1, 0.15) is 0 Å². The number of imide groups is 1. The van der Waals surface area contributed by atoms with Crippen molar-refractivity contribution in [3.8, 4) is 0 Å². The van der Waals surface area contributed by atoms with Crippen LogP contribution in [-0.2, 0) is 0 Å². The number of rotatable bonds is 1. The first-order valence-electron chi connectivity index (χ1n) is 7.14. The molecule has 1 aliphatic rings. The van der Waals surface area contributed by atoms with Gasteiger partial charge in [0.25, 0.3) is 0 Å². The van der Waals surface area contributed by atoms with E-state index in [0.717, 1.165) is 23.7 Å². The molecule has 0 radical (unpaired) electrons. The lowest BCUT2D eigenvalue weighted by Crippen LogP contribution is -2.54. The van der Waals surface area contributed by atoms with Gasteiger partial charge in [-0.05, 0) is 18.2 Å². The number of carbonyl (C=O) groups is 2. The molecule has 1 aliphatic heterocycles. The second-order valence-electron chi connectivity index (χ2n) is 5.47. The average Bonchev–Trinajstić information content (AvgIpc) is 2.52. The van der Waals surface area contributed by atoms with Crippen LogP contribution in [0.15, 0.2) is 24.3 Å². The molecule has 1 fully saturated rings. The fraction of sp³-hybridized carbons (Fsp3) is 0.467. The van der Waals surface area contributed by atoms with Crippen LogP contribution in [0, 0.1) is 0 Å². The Bertz CT molecular complexity index is 556. The SMILES string of the molecule is CN(C)C(=O)N(C)C(=O)N1CCN(c2cccc(Cl)c2)CC1. The van der Waals surface area contributed by atoms with Crippen molar-refractivity contribution in [1.29, 1.82) is 0 Å². The number of hydrogen-bond acceptors (Lipinski definition) is 3. The Kier molecular flexibility index (Phi) is 5.13. The van der Waals surface area contributed by atoms with Crippen LogP contribution >= 0.6 is 11.6 Å². The van der Waals surface area contributed by atoms with Crippen molar-refractivity contribution in [2.75, 3.05) is 52.2 Å². The van der Waals surface area contributed by atoms with Crippen molar-refractivity contribution in [1.82, 2.24) is 14.7 Å². The van der Waals surface area contributed by atoms with Crippen molar-refractivity contribution >= 4 is 29.4 Å². The van der Waals surface area contributed by atoms with Crippen LogP contribution in [0.5, 0.6) is 0 Å². The van der Waals surface area contributed by atoms with Gasteiger partial charge in [-0.25, -0.2) is 14.5 Å². The van der Waals surface area contributed by atoms with Gasteiger partial charge < -0.3 is 14.7 Å². The maximum Gasteiger partial charge on any atom is 0.328 e. The van der Waals surface area contributed by atoms with Crippen LogP contribution in [-0.4, -0.2) is 74.1 Å². The zero-order chi connectivity index (χ0) is 16.3. The van der Waals surface area contributed by atoms with E-state index in [2.05, 4.69) is 4.90 Å². The van der Waals surface area contributed by atoms with Gasteiger partial charge in [-0.1, -0.05) is 17.7 Å². The van der Waals surface area contributed by atoms with E-state index in [4.69, 9.17) is 11.6 Å². The Balaban J connectivity index is 1.94. The summed E-state index contributed by atoms with van der Waals surface area (Å²) >= 11 is 6.01. The quantitative estimate of drug-likeness (QED) is 0.795. The minimum Gasteiger partial charge on any atom is -0.368 e. The van der Waals surface area contributed by atoms with Gasteiger partial charge in [-0.15, -0.1) is 0 Å². The lowest BCUT2D eigenvalue weighted by molar-refractivity contribution is 0.149. The Labute approximate surface area is 135 Å². The van der Waals surface area contributed by atoms with E-state index in [1.807, 2.05) is 24.3 Å². The molecule has 1 saturated heterocycles. The van der Waals surface area contributed by atoms with Gasteiger partial charge >= 0.3 is 12.1 Å². The van der Waals surface area contributed by atoms with Crippen molar-refractivity contribution < 1.29 is 9.59 Å². The number of urea groups is 2. The van der Waals surface area contributed by atoms with Crippen LogP contribution < -0.4 is 4.90 Å². The highest BCUT2D eigenvalue weighted by atomic mass is 35.5. The number of benzene rings is 1. The molecule has 22 heavy (non-hydrogen) atoms. The monoisotopic (exact) mass is 324 g/mol. The molecule has 2 rings (SSSR count). The largest absolute Gasteiger partial charge is 0.368 e. The number of carbonyl (C=O) groups excluding carboxylic acids is 2. The Morgan fingerprint density at radius 1 is 1.09 bits per heavy atom. The molecule has 0 unspecified atom stereocenters. The minimum absolute atomic E-state index is 0.260. The summed E-state index contributed by atoms with van der Waals surface area (Å²) in [6.07, 6.45) is 0. The molecule has 0 aromatic heterocycles. The predicted octanol–water partition coefficient (Wildman–Crippen LogP) is 2.20. The second kappa shape index (κ2) is 6.87. The number of piperazine rings is 1. The molecule has 1 aromatic carbocycles. The van der Waals surface area contributed by atoms with Crippen LogP contribution in [0.25, 0.3) is 0 Å². The zero-order valence-electron chi connectivity index (χ0n) is 13.1. The molecule has 6 nitrogen and oxygen atoms in total. The normalized spacial score (nSPS) is 14.7. The van der Waals surface area contributed by atoms with Crippen molar-refractivity contribution in [2.45, 2.75) is 0 Å². The molecule has 1 aromatic rings. The number of nitrogens with zero attached hydrogens (tertiary/aromatic N) is 4. The van der Waals surface area contributed by atoms with Crippen molar-refractivity contribution in [2.24, 2.45) is 0 Å². The first-order chi connectivity index (χ1) is 10.4. The van der Waals surface area contributed by atoms with E-state index >= 15 is 0 Å². The first-order valence-corrected chi connectivity index (χ1v) is 7.52. The molecule has 0 N–H and O–H groups in total. The van der Waals surface area contributed by atoms with Gasteiger partial charge in [0, 0.05) is 58.0 Å². The maximum absolute atomic E-state index is 12.3. The van der Waals surface area contributed by atoms with E-state index in [-0.39, 0.29) is 12.1 Å². The van der Waals surface area contributed by atoms with Gasteiger partial charge in [0.2, 0.25) is 0 Å². The standard InChI is InChI=1S/C15H21ClN4O2/c1-17(2)14(21)18(3)15(22)20-9-7-19(8-10-20)13-6-4-5-12(16)11-13/h4-6,11H,7-10H2,1-3H3. The van der Waals surface area contributed by atoms with Crippen LogP contribution in [0.3, 0.4) is 0 Å². The topological polar surface area (TPSA) is 47.1 Å². The summed E-state index contributed by atoms with van der Waals surface area (Å²) in [6.45, 7) is 2.60. The van der Waals surface area contributed by atoms with Gasteiger partial charge in [0.1, 0.15) is 0 Å². The highest BCUT2D eigenvalue weighted by molar-refractivity contribution is 6.30. The molecule has 7 heteroatoms. The van der Waals surface area contributed by atoms with Gasteiger partial charge in [-0.3, -0.25) is 0 Å². The number of halogens is 1. The zero-order valence-corrected chi connectivity index (χ0v) is 13.9. The number of amides is 4. The molecular weight excluding hydrogens is 304 g/mol. The van der Waals surface area contributed by atoms with E-state index in [1.54, 1.807) is 19.0 Å². The van der Waals surface area contributed by atoms with Crippen molar-refractivity contribution in [3.63, 3.8) is 0 Å². The summed E-state index contributed by atoms with van der Waals surface area (Å²) in [4.78, 5) is 30.6. The molecule has 4 amide bonds. The molecule has 0 saturated carbocycles. The maximum atomic E-state index is 12.3. The third-order valence-corrected chi connectivity index (χ3v) is 3.92. The highest BCUT2D eigenvalue weighted by Crippen LogP contribution is 2.21. The van der Waals surface area contributed by atoms with Gasteiger partial charge in [-0.2, -0.15) is 0 Å². The molecule has 120 valence electrons. The van der Waals surface area contributed by atoms with E-state index in [9.17, 15) is 9.59 Å². The molecule has 0 bridgehead atoms. The molecule has 0 atom stereocenters. The van der Waals surface area contributed by atoms with Crippen molar-refractivity contribution in [3.05, 3.63) is 29.3 Å². The third-order valence-electron chi connectivity index (χ3n) is 3.68. The van der Waals surface area contributed by atoms with E-state index < -0.39 is 0 Å². The summed E-state index contributed by atoms with van der Waals surface area (Å²) in [7, 11) is 4.76. The number of anilines is 1.